The quantitative estimate of drug-likeness (QED) is 0.162. The molecule has 6 heteroatoms. The van der Waals surface area contributed by atoms with Crippen LogP contribution < -0.4 is 0 Å². The Kier molecular flexibility index (Phi) is 7.97. The van der Waals surface area contributed by atoms with Gasteiger partial charge in [0.1, 0.15) is 11.2 Å². The molecule has 0 unspecified atom stereocenters. The third kappa shape index (κ3) is 5.63. The fourth-order valence-electron chi connectivity index (χ4n) is 11.0. The minimum Gasteiger partial charge on any atom is -0.456 e. The Balaban J connectivity index is 0.960. The Morgan fingerprint density at radius 1 is 0.275 bits per heavy atom. The molecule has 0 atom stereocenters. The maximum Gasteiger partial charge on any atom is 0.238 e. The molecule has 69 heavy (non-hydrogen) atoms. The normalized spacial score (nSPS) is 12.1. The Hall–Kier alpha value is -9.39. The minimum absolute atomic E-state index is 0.533. The molecule has 15 rings (SSSR count). The van der Waals surface area contributed by atoms with E-state index < -0.39 is 0 Å². The largest absolute Gasteiger partial charge is 0.456 e. The van der Waals surface area contributed by atoms with E-state index in [2.05, 4.69) is 197 Å². The standard InChI is InChI=1S/C63H37N5O/c1-2-14-39(15-3-1)61-64-62(41-29-33-51-50-22-10-13-25-57(50)69-58(51)37-41)66-63(65-61)68-56-24-12-9-21-49(56)53-35-34-52-48-20-8-11-23-55(48)67(59(52)60(53)68)42-30-26-38(27-31-42)40-28-32-47-45-18-5-4-16-43(45)44-17-6-7-19-46(44)54(47)36-40/h1-37H. The lowest BCUT2D eigenvalue weighted by Crippen LogP contribution is -2.07. The van der Waals surface area contributed by atoms with E-state index in [1.54, 1.807) is 0 Å². The number of para-hydroxylation sites is 3. The second-order valence-electron chi connectivity index (χ2n) is 17.9. The molecular formula is C63H37N5O. The summed E-state index contributed by atoms with van der Waals surface area (Å²) in [6.45, 7) is 0. The lowest BCUT2D eigenvalue weighted by Gasteiger charge is -2.14. The van der Waals surface area contributed by atoms with Gasteiger partial charge in [-0.2, -0.15) is 9.97 Å². The van der Waals surface area contributed by atoms with Crippen molar-refractivity contribution in [2.24, 2.45) is 0 Å². The van der Waals surface area contributed by atoms with E-state index in [9.17, 15) is 0 Å². The van der Waals surface area contributed by atoms with E-state index in [4.69, 9.17) is 19.4 Å². The van der Waals surface area contributed by atoms with Crippen molar-refractivity contribution in [1.29, 1.82) is 0 Å². The molecule has 0 saturated heterocycles. The van der Waals surface area contributed by atoms with Crippen molar-refractivity contribution in [3.8, 4) is 45.5 Å². The lowest BCUT2D eigenvalue weighted by atomic mass is 9.92. The van der Waals surface area contributed by atoms with Gasteiger partial charge >= 0.3 is 0 Å². The van der Waals surface area contributed by atoms with Crippen LogP contribution in [0.1, 0.15) is 0 Å². The molecule has 0 aliphatic carbocycles. The van der Waals surface area contributed by atoms with Crippen LogP contribution in [0.25, 0.3) is 143 Å². The zero-order valence-corrected chi connectivity index (χ0v) is 37.0. The van der Waals surface area contributed by atoms with Gasteiger partial charge in [-0.15, -0.1) is 0 Å². The molecule has 6 nitrogen and oxygen atoms in total. The topological polar surface area (TPSA) is 61.7 Å². The van der Waals surface area contributed by atoms with Crippen molar-refractivity contribution >= 4 is 97.9 Å². The SMILES string of the molecule is c1ccc(-c2nc(-c3ccc4c(c3)oc3ccccc34)nc(-n3c4ccccc4c4ccc5c6ccccc6n(-c6ccc(-c7ccc8c9ccccc9c9ccccc9c8c7)cc6)c5c43)n2)cc1. The predicted octanol–water partition coefficient (Wildman–Crippen LogP) is 16.4. The van der Waals surface area contributed by atoms with Gasteiger partial charge in [0.15, 0.2) is 11.6 Å². The van der Waals surface area contributed by atoms with Crippen molar-refractivity contribution in [1.82, 2.24) is 24.1 Å². The van der Waals surface area contributed by atoms with Crippen LogP contribution in [0.5, 0.6) is 0 Å². The zero-order chi connectivity index (χ0) is 45.2. The van der Waals surface area contributed by atoms with Crippen molar-refractivity contribution < 1.29 is 4.42 Å². The molecule has 0 aliphatic rings. The van der Waals surface area contributed by atoms with Crippen LogP contribution >= 0.6 is 0 Å². The fraction of sp³-hybridized carbons (Fsp3) is 0. The van der Waals surface area contributed by atoms with Crippen molar-refractivity contribution in [2.75, 3.05) is 0 Å². The van der Waals surface area contributed by atoms with Crippen molar-refractivity contribution in [3.05, 3.63) is 224 Å². The smallest absolute Gasteiger partial charge is 0.238 e. The molecular weight excluding hydrogens is 843 g/mol. The van der Waals surface area contributed by atoms with Crippen LogP contribution in [0.3, 0.4) is 0 Å². The Labute approximate surface area is 394 Å². The number of hydrogen-bond acceptors (Lipinski definition) is 4. The molecule has 0 amide bonds. The summed E-state index contributed by atoms with van der Waals surface area (Å²) < 4.78 is 11.0. The van der Waals surface area contributed by atoms with Gasteiger partial charge in [0, 0.05) is 49.1 Å². The molecule has 0 spiro atoms. The monoisotopic (exact) mass is 879 g/mol. The highest BCUT2D eigenvalue weighted by atomic mass is 16.3. The molecule has 0 fully saturated rings. The first kappa shape index (κ1) is 37.8. The highest BCUT2D eigenvalue weighted by molar-refractivity contribution is 6.26. The Morgan fingerprint density at radius 2 is 0.739 bits per heavy atom. The average molecular weight is 880 g/mol. The summed E-state index contributed by atoms with van der Waals surface area (Å²) in [7, 11) is 0. The van der Waals surface area contributed by atoms with E-state index >= 15 is 0 Å². The van der Waals surface area contributed by atoms with Crippen molar-refractivity contribution in [3.63, 3.8) is 0 Å². The maximum atomic E-state index is 6.38. The molecule has 0 N–H and O–H groups in total. The molecule has 4 aromatic heterocycles. The Morgan fingerprint density at radius 3 is 1.42 bits per heavy atom. The van der Waals surface area contributed by atoms with Crippen LogP contribution in [-0.2, 0) is 0 Å². The summed E-state index contributed by atoms with van der Waals surface area (Å²) in [6, 6.07) is 79.9. The van der Waals surface area contributed by atoms with Gasteiger partial charge in [0.25, 0.3) is 0 Å². The number of aromatic nitrogens is 5. The molecule has 15 aromatic rings. The molecule has 320 valence electrons. The summed E-state index contributed by atoms with van der Waals surface area (Å²) in [5, 5.41) is 14.3. The summed E-state index contributed by atoms with van der Waals surface area (Å²) >= 11 is 0. The molecule has 4 heterocycles. The van der Waals surface area contributed by atoms with Gasteiger partial charge in [-0.05, 0) is 92.0 Å². The molecule has 0 saturated carbocycles. The minimum atomic E-state index is 0.533. The third-order valence-electron chi connectivity index (χ3n) is 14.2. The van der Waals surface area contributed by atoms with Gasteiger partial charge in [0.05, 0.1) is 22.1 Å². The van der Waals surface area contributed by atoms with E-state index in [-0.39, 0.29) is 0 Å². The zero-order valence-electron chi connectivity index (χ0n) is 37.0. The van der Waals surface area contributed by atoms with Crippen LogP contribution in [0.15, 0.2) is 229 Å². The summed E-state index contributed by atoms with van der Waals surface area (Å²) in [5.74, 6) is 1.68. The highest BCUT2D eigenvalue weighted by Gasteiger charge is 2.24. The Bertz CT molecular complexity index is 4560. The average Bonchev–Trinajstić information content (AvgIpc) is 4.09. The predicted molar refractivity (Wildman–Crippen MR) is 285 cm³/mol. The molecule has 0 radical (unpaired) electrons. The number of fused-ring (bicyclic) bond motifs is 16. The van der Waals surface area contributed by atoms with Gasteiger partial charge in [-0.25, -0.2) is 4.98 Å². The fourth-order valence-corrected chi connectivity index (χ4v) is 11.0. The number of rotatable bonds is 5. The molecule has 0 aliphatic heterocycles. The van der Waals surface area contributed by atoms with E-state index in [0.717, 1.165) is 82.5 Å². The summed E-state index contributed by atoms with van der Waals surface area (Å²) in [5.41, 5.74) is 11.0. The lowest BCUT2D eigenvalue weighted by molar-refractivity contribution is 0.669. The number of hydrogen-bond donors (Lipinski definition) is 0. The molecule has 11 aromatic carbocycles. The summed E-state index contributed by atoms with van der Waals surface area (Å²) in [4.78, 5) is 15.9. The summed E-state index contributed by atoms with van der Waals surface area (Å²) in [6.07, 6.45) is 0. The molecule has 0 bridgehead atoms. The number of benzene rings is 11. The van der Waals surface area contributed by atoms with Gasteiger partial charge in [-0.3, -0.25) is 4.57 Å². The van der Waals surface area contributed by atoms with Crippen LogP contribution in [0, 0.1) is 0 Å². The first-order chi connectivity index (χ1) is 34.2. The van der Waals surface area contributed by atoms with Gasteiger partial charge in [-0.1, -0.05) is 176 Å². The third-order valence-corrected chi connectivity index (χ3v) is 14.2. The highest BCUT2D eigenvalue weighted by Crippen LogP contribution is 2.43. The van der Waals surface area contributed by atoms with Crippen LogP contribution in [0.2, 0.25) is 0 Å². The van der Waals surface area contributed by atoms with E-state index in [1.807, 2.05) is 36.4 Å². The first-order valence-electron chi connectivity index (χ1n) is 23.3. The van der Waals surface area contributed by atoms with Crippen molar-refractivity contribution in [2.45, 2.75) is 0 Å². The maximum absolute atomic E-state index is 6.38. The van der Waals surface area contributed by atoms with E-state index in [1.165, 1.54) is 43.3 Å². The van der Waals surface area contributed by atoms with E-state index in [0.29, 0.717) is 17.6 Å². The van der Waals surface area contributed by atoms with Gasteiger partial charge < -0.3 is 8.98 Å². The second-order valence-corrected chi connectivity index (χ2v) is 17.9. The van der Waals surface area contributed by atoms with Crippen LogP contribution in [-0.4, -0.2) is 24.1 Å². The van der Waals surface area contributed by atoms with Gasteiger partial charge in [0.2, 0.25) is 5.95 Å². The number of nitrogens with zero attached hydrogens (tertiary/aromatic N) is 5. The second kappa shape index (κ2) is 14.6. The number of furan rings is 1. The first-order valence-corrected chi connectivity index (χ1v) is 23.3. The van der Waals surface area contributed by atoms with Crippen LogP contribution in [0.4, 0.5) is 0 Å².